The van der Waals surface area contributed by atoms with E-state index in [1.807, 2.05) is 0 Å². The fraction of sp³-hybridized carbons (Fsp3) is 0.250. The maximum atomic E-state index is 10.5. The maximum Gasteiger partial charge on any atom is 0.407 e. The van der Waals surface area contributed by atoms with Crippen LogP contribution in [0.15, 0.2) is 58.3 Å². The summed E-state index contributed by atoms with van der Waals surface area (Å²) in [5.74, 6) is 0.176. The van der Waals surface area contributed by atoms with Gasteiger partial charge in [-0.1, -0.05) is 17.3 Å². The zero-order valence-electron chi connectivity index (χ0n) is 13.7. The SMILES string of the molecule is C=CCC(=O)CC=C.O=C1N=CC=N1.O=C1NCCO1.c1cnoc1. The molecule has 0 radical (unpaired) electrons. The first-order valence-corrected chi connectivity index (χ1v) is 7.19. The molecule has 3 amide bonds. The van der Waals surface area contributed by atoms with Gasteiger partial charge in [0.2, 0.25) is 0 Å². The summed E-state index contributed by atoms with van der Waals surface area (Å²) in [6.45, 7) is 8.05. The minimum atomic E-state index is -0.407. The van der Waals surface area contributed by atoms with Crippen LogP contribution in [-0.2, 0) is 9.53 Å². The van der Waals surface area contributed by atoms with E-state index < -0.39 is 6.03 Å². The molecule has 1 aromatic rings. The molecule has 2 aliphatic heterocycles. The number of cyclic esters (lactones) is 1. The molecule has 0 aliphatic carbocycles. The van der Waals surface area contributed by atoms with Gasteiger partial charge >= 0.3 is 12.1 Å². The third-order valence-electron chi connectivity index (χ3n) is 2.13. The summed E-state index contributed by atoms with van der Waals surface area (Å²) in [6.07, 6.45) is 9.66. The van der Waals surface area contributed by atoms with Gasteiger partial charge in [0, 0.05) is 12.8 Å². The third kappa shape index (κ3) is 15.3. The first kappa shape index (κ1) is 21.6. The van der Waals surface area contributed by atoms with Crippen LogP contribution >= 0.6 is 0 Å². The van der Waals surface area contributed by atoms with Crippen molar-refractivity contribution in [1.82, 2.24) is 10.5 Å². The van der Waals surface area contributed by atoms with Gasteiger partial charge < -0.3 is 14.6 Å². The molecular weight excluding hydrogens is 328 g/mol. The van der Waals surface area contributed by atoms with Crippen LogP contribution in [0.4, 0.5) is 9.59 Å². The van der Waals surface area contributed by atoms with E-state index in [0.717, 1.165) is 0 Å². The average molecular weight is 348 g/mol. The van der Waals surface area contributed by atoms with Crippen molar-refractivity contribution in [2.24, 2.45) is 9.98 Å². The summed E-state index contributed by atoms with van der Waals surface area (Å²) in [4.78, 5) is 36.8. The molecular formula is C16H20N4O5. The highest BCUT2D eigenvalue weighted by Gasteiger charge is 2.06. The highest BCUT2D eigenvalue weighted by atomic mass is 16.6. The summed E-state index contributed by atoms with van der Waals surface area (Å²) in [7, 11) is 0. The lowest BCUT2D eigenvalue weighted by Crippen LogP contribution is -2.11. The Morgan fingerprint density at radius 3 is 2.04 bits per heavy atom. The Bertz CT molecular complexity index is 542. The first-order chi connectivity index (χ1) is 12.1. The van der Waals surface area contributed by atoms with Crippen molar-refractivity contribution in [2.45, 2.75) is 12.8 Å². The van der Waals surface area contributed by atoms with Crippen molar-refractivity contribution < 1.29 is 23.6 Å². The number of rotatable bonds is 4. The fourth-order valence-electron chi connectivity index (χ4n) is 1.16. The van der Waals surface area contributed by atoms with Crippen molar-refractivity contribution in [2.75, 3.05) is 13.2 Å². The number of aromatic nitrogens is 1. The van der Waals surface area contributed by atoms with Gasteiger partial charge in [0.1, 0.15) is 18.7 Å². The molecule has 1 fully saturated rings. The second-order valence-corrected chi connectivity index (χ2v) is 4.11. The van der Waals surface area contributed by atoms with Gasteiger partial charge in [-0.15, -0.1) is 13.2 Å². The van der Waals surface area contributed by atoms with Crippen molar-refractivity contribution in [1.29, 1.82) is 0 Å². The largest absolute Gasteiger partial charge is 0.448 e. The molecule has 0 spiro atoms. The Morgan fingerprint density at radius 1 is 1.20 bits per heavy atom. The second kappa shape index (κ2) is 15.5. The molecule has 1 aromatic heterocycles. The number of hydrogen-bond acceptors (Lipinski definition) is 6. The topological polar surface area (TPSA) is 123 Å². The highest BCUT2D eigenvalue weighted by molar-refractivity contribution is 6.25. The number of urea groups is 1. The van der Waals surface area contributed by atoms with Crippen molar-refractivity contribution in [3.05, 3.63) is 43.8 Å². The minimum absolute atomic E-state index is 0.176. The Kier molecular flexibility index (Phi) is 13.4. The number of alkyl carbamates (subject to hydrolysis) is 1. The van der Waals surface area contributed by atoms with Crippen LogP contribution in [0.1, 0.15) is 12.8 Å². The number of allylic oxidation sites excluding steroid dienone is 2. The molecule has 2 aliphatic rings. The van der Waals surface area contributed by atoms with Crippen LogP contribution in [0.2, 0.25) is 0 Å². The molecule has 0 unspecified atom stereocenters. The van der Waals surface area contributed by atoms with E-state index >= 15 is 0 Å². The van der Waals surface area contributed by atoms with E-state index in [1.165, 1.54) is 18.7 Å². The normalized spacial score (nSPS) is 13.0. The Morgan fingerprint density at radius 2 is 1.84 bits per heavy atom. The molecule has 134 valence electrons. The predicted octanol–water partition coefficient (Wildman–Crippen LogP) is 2.37. The van der Waals surface area contributed by atoms with Crippen LogP contribution in [0.25, 0.3) is 0 Å². The Labute approximate surface area is 145 Å². The summed E-state index contributed by atoms with van der Waals surface area (Å²) in [6, 6.07) is 1.31. The molecule has 1 saturated heterocycles. The Balaban J connectivity index is 0.000000310. The highest BCUT2D eigenvalue weighted by Crippen LogP contribution is 1.89. The fourth-order valence-corrected chi connectivity index (χ4v) is 1.16. The molecule has 1 N–H and O–H groups in total. The van der Waals surface area contributed by atoms with E-state index in [1.54, 1.807) is 24.4 Å². The quantitative estimate of drug-likeness (QED) is 0.833. The standard InChI is InChI=1S/C7H10O.C3H2N2O.C3H5NO2.C3H3NO/c1-3-5-7(8)6-4-2;6-3-4-1-2-5-3;5-3-4-1-2-6-3;1-2-4-5-3-1/h3-4H,1-2,5-6H2;1-2H;1-2H2,(H,4,5);1-3H. The van der Waals surface area contributed by atoms with Crippen molar-refractivity contribution >= 4 is 30.3 Å². The van der Waals surface area contributed by atoms with E-state index in [4.69, 9.17) is 0 Å². The number of ketones is 1. The van der Waals surface area contributed by atoms with Gasteiger partial charge in [0.05, 0.1) is 25.2 Å². The van der Waals surface area contributed by atoms with Crippen LogP contribution < -0.4 is 5.32 Å². The molecule has 9 nitrogen and oxygen atoms in total. The van der Waals surface area contributed by atoms with Crippen molar-refractivity contribution in [3.8, 4) is 0 Å². The van der Waals surface area contributed by atoms with Gasteiger partial charge in [0.25, 0.3) is 0 Å². The van der Waals surface area contributed by atoms with E-state index in [9.17, 15) is 14.4 Å². The van der Waals surface area contributed by atoms with Gasteiger partial charge in [0.15, 0.2) is 0 Å². The molecule has 0 atom stereocenters. The molecule has 3 heterocycles. The lowest BCUT2D eigenvalue weighted by molar-refractivity contribution is -0.117. The number of Topliss-reactive ketones (excluding diaryl/α,β-unsaturated/α-hetero) is 1. The van der Waals surface area contributed by atoms with Gasteiger partial charge in [-0.25, -0.2) is 9.59 Å². The van der Waals surface area contributed by atoms with Crippen molar-refractivity contribution in [3.63, 3.8) is 0 Å². The van der Waals surface area contributed by atoms with Gasteiger partial charge in [-0.3, -0.25) is 4.79 Å². The van der Waals surface area contributed by atoms with Gasteiger partial charge in [-0.05, 0) is 6.07 Å². The van der Waals surface area contributed by atoms with Crippen LogP contribution in [0.5, 0.6) is 0 Å². The first-order valence-electron chi connectivity index (χ1n) is 7.19. The molecule has 25 heavy (non-hydrogen) atoms. The van der Waals surface area contributed by atoms with E-state index in [-0.39, 0.29) is 11.9 Å². The number of carbonyl (C=O) groups excluding carboxylic acids is 3. The summed E-state index contributed by atoms with van der Waals surface area (Å²) in [5, 5.41) is 5.81. The number of aliphatic imine (C=N–C) groups is 2. The molecule has 9 heteroatoms. The Hall–Kier alpha value is -3.36. The third-order valence-corrected chi connectivity index (χ3v) is 2.13. The van der Waals surface area contributed by atoms with Crippen LogP contribution in [0.3, 0.4) is 0 Å². The molecule has 3 rings (SSSR count). The zero-order valence-corrected chi connectivity index (χ0v) is 13.7. The monoisotopic (exact) mass is 348 g/mol. The minimum Gasteiger partial charge on any atom is -0.448 e. The summed E-state index contributed by atoms with van der Waals surface area (Å²) < 4.78 is 8.74. The zero-order chi connectivity index (χ0) is 18.8. The molecule has 0 aromatic carbocycles. The van der Waals surface area contributed by atoms with Gasteiger partial charge in [-0.2, -0.15) is 9.98 Å². The molecule has 0 bridgehead atoms. The smallest absolute Gasteiger partial charge is 0.407 e. The number of carbonyl (C=O) groups is 3. The number of hydrogen-bond donors (Lipinski definition) is 1. The van der Waals surface area contributed by atoms with Crippen LogP contribution in [-0.4, -0.2) is 48.6 Å². The number of nitrogens with zero attached hydrogens (tertiary/aromatic N) is 3. The lowest BCUT2D eigenvalue weighted by atomic mass is 10.2. The maximum absolute atomic E-state index is 10.5. The number of amides is 3. The second-order valence-electron chi connectivity index (χ2n) is 4.11. The average Bonchev–Trinajstić information content (AvgIpc) is 3.33. The number of nitrogens with one attached hydrogen (secondary N) is 1. The van der Waals surface area contributed by atoms with E-state index in [2.05, 4.69) is 42.9 Å². The lowest BCUT2D eigenvalue weighted by Gasteiger charge is -1.85. The summed E-state index contributed by atoms with van der Waals surface area (Å²) >= 11 is 0. The number of ether oxygens (including phenoxy) is 1. The van der Waals surface area contributed by atoms with Crippen LogP contribution in [0, 0.1) is 0 Å². The summed E-state index contributed by atoms with van der Waals surface area (Å²) in [5.41, 5.74) is 0. The predicted molar refractivity (Wildman–Crippen MR) is 92.9 cm³/mol. The molecule has 0 saturated carbocycles. The van der Waals surface area contributed by atoms with E-state index in [0.29, 0.717) is 26.0 Å².